The number of nitrogens with one attached hydrogen (secondary N) is 1. The van der Waals surface area contributed by atoms with Crippen LogP contribution in [0.15, 0.2) is 34.8 Å². The first-order valence-corrected chi connectivity index (χ1v) is 5.56. The van der Waals surface area contributed by atoms with Crippen LogP contribution in [0.4, 0.5) is 0 Å². The van der Waals surface area contributed by atoms with Crippen molar-refractivity contribution in [2.75, 3.05) is 7.05 Å². The van der Waals surface area contributed by atoms with E-state index in [4.69, 9.17) is 0 Å². The van der Waals surface area contributed by atoms with Crippen molar-refractivity contribution in [1.82, 2.24) is 5.32 Å². The summed E-state index contributed by atoms with van der Waals surface area (Å²) in [6, 6.07) is 8.86. The van der Waals surface area contributed by atoms with Gasteiger partial charge in [-0.3, -0.25) is 4.79 Å². The van der Waals surface area contributed by atoms with Crippen LogP contribution in [0.3, 0.4) is 0 Å². The molecular weight excluding hydrogens is 270 g/mol. The molecule has 1 amide bonds. The molecule has 0 aliphatic heterocycles. The van der Waals surface area contributed by atoms with Crippen LogP contribution in [0.1, 0.15) is 10.4 Å². The molecule has 2 rings (SSSR count). The second-order valence-electron chi connectivity index (χ2n) is 3.40. The predicted octanol–water partition coefficient (Wildman–Crippen LogP) is 2.67. The van der Waals surface area contributed by atoms with Crippen molar-refractivity contribution in [2.45, 2.75) is 0 Å². The molecule has 0 unspecified atom stereocenters. The summed E-state index contributed by atoms with van der Waals surface area (Å²) in [4.78, 5) is 11.7. The average molecular weight is 280 g/mol. The lowest BCUT2D eigenvalue weighted by atomic mass is 10.0. The third kappa shape index (κ3) is 1.76. The summed E-state index contributed by atoms with van der Waals surface area (Å²) in [6.07, 6.45) is 0. The van der Waals surface area contributed by atoms with Gasteiger partial charge in [-0.05, 0) is 29.0 Å². The zero-order valence-corrected chi connectivity index (χ0v) is 10.2. The highest BCUT2D eigenvalue weighted by atomic mass is 79.9. The van der Waals surface area contributed by atoms with E-state index >= 15 is 0 Å². The number of phenols is 1. The molecule has 0 aliphatic carbocycles. The Balaban J connectivity index is 2.79. The zero-order chi connectivity index (χ0) is 11.7. The van der Waals surface area contributed by atoms with Gasteiger partial charge in [-0.15, -0.1) is 0 Å². The van der Waals surface area contributed by atoms with Crippen molar-refractivity contribution in [3.05, 3.63) is 40.4 Å². The summed E-state index contributed by atoms with van der Waals surface area (Å²) in [7, 11) is 1.54. The summed E-state index contributed by atoms with van der Waals surface area (Å²) >= 11 is 3.37. The Labute approximate surface area is 101 Å². The fourth-order valence-corrected chi connectivity index (χ4v) is 2.03. The van der Waals surface area contributed by atoms with Gasteiger partial charge in [0.05, 0.1) is 5.56 Å². The minimum atomic E-state index is -0.287. The molecule has 2 aromatic rings. The molecule has 0 saturated carbocycles. The lowest BCUT2D eigenvalue weighted by molar-refractivity contribution is 0.0962. The SMILES string of the molecule is CNC(=O)c1c(O)ccc2cc(Br)ccc12. The van der Waals surface area contributed by atoms with Crippen molar-refractivity contribution in [3.8, 4) is 5.75 Å². The number of carbonyl (C=O) groups excluding carboxylic acids is 1. The Morgan fingerprint density at radius 2 is 2.06 bits per heavy atom. The van der Waals surface area contributed by atoms with Gasteiger partial charge in [0.1, 0.15) is 5.75 Å². The largest absolute Gasteiger partial charge is 0.507 e. The first-order chi connectivity index (χ1) is 7.63. The summed E-state index contributed by atoms with van der Waals surface area (Å²) in [6.45, 7) is 0. The molecule has 0 bridgehead atoms. The van der Waals surface area contributed by atoms with Gasteiger partial charge < -0.3 is 10.4 Å². The molecule has 4 heteroatoms. The number of hydrogen-bond acceptors (Lipinski definition) is 2. The number of amides is 1. The number of phenolic OH excluding ortho intramolecular Hbond substituents is 1. The summed E-state index contributed by atoms with van der Waals surface area (Å²) in [5.74, 6) is -0.292. The van der Waals surface area contributed by atoms with Gasteiger partial charge in [0.2, 0.25) is 0 Å². The molecule has 0 heterocycles. The van der Waals surface area contributed by atoms with Gasteiger partial charge >= 0.3 is 0 Å². The van der Waals surface area contributed by atoms with Crippen LogP contribution >= 0.6 is 15.9 Å². The number of benzene rings is 2. The maximum atomic E-state index is 11.7. The van der Waals surface area contributed by atoms with Gasteiger partial charge in [0, 0.05) is 11.5 Å². The maximum absolute atomic E-state index is 11.7. The van der Waals surface area contributed by atoms with Crippen molar-refractivity contribution < 1.29 is 9.90 Å². The van der Waals surface area contributed by atoms with Crippen LogP contribution in [0, 0.1) is 0 Å². The lowest BCUT2D eigenvalue weighted by Gasteiger charge is -2.07. The average Bonchev–Trinajstić information content (AvgIpc) is 2.28. The number of halogens is 1. The van der Waals surface area contributed by atoms with Crippen LogP contribution in [-0.2, 0) is 0 Å². The van der Waals surface area contributed by atoms with Crippen LogP contribution < -0.4 is 5.32 Å². The van der Waals surface area contributed by atoms with E-state index in [2.05, 4.69) is 21.2 Å². The quantitative estimate of drug-likeness (QED) is 0.843. The first kappa shape index (κ1) is 11.0. The summed E-state index contributed by atoms with van der Waals surface area (Å²) < 4.78 is 0.938. The Bertz CT molecular complexity index is 566. The Hall–Kier alpha value is -1.55. The number of carbonyl (C=O) groups is 1. The van der Waals surface area contributed by atoms with E-state index < -0.39 is 0 Å². The fourth-order valence-electron chi connectivity index (χ4n) is 1.65. The first-order valence-electron chi connectivity index (χ1n) is 4.77. The third-order valence-electron chi connectivity index (χ3n) is 2.41. The molecular formula is C12H10BrNO2. The number of aromatic hydroxyl groups is 1. The summed E-state index contributed by atoms with van der Waals surface area (Å²) in [5, 5.41) is 13.9. The minimum Gasteiger partial charge on any atom is -0.507 e. The van der Waals surface area contributed by atoms with Crippen molar-refractivity contribution in [1.29, 1.82) is 0 Å². The molecule has 0 atom stereocenters. The van der Waals surface area contributed by atoms with Crippen LogP contribution in [-0.4, -0.2) is 18.1 Å². The monoisotopic (exact) mass is 279 g/mol. The normalized spacial score (nSPS) is 10.4. The third-order valence-corrected chi connectivity index (χ3v) is 2.91. The van der Waals surface area contributed by atoms with Crippen LogP contribution in [0.5, 0.6) is 5.75 Å². The Kier molecular flexibility index (Phi) is 2.83. The predicted molar refractivity (Wildman–Crippen MR) is 66.7 cm³/mol. The highest BCUT2D eigenvalue weighted by Crippen LogP contribution is 2.29. The zero-order valence-electron chi connectivity index (χ0n) is 8.62. The van der Waals surface area contributed by atoms with E-state index in [9.17, 15) is 9.90 Å². The molecule has 0 fully saturated rings. The fraction of sp³-hybridized carbons (Fsp3) is 0.0833. The standard InChI is InChI=1S/C12H10BrNO2/c1-14-12(16)11-9-4-3-8(13)6-7(9)2-5-10(11)15/h2-6,15H,1H3,(H,14,16). The molecule has 0 saturated heterocycles. The van der Waals surface area contributed by atoms with E-state index in [1.54, 1.807) is 13.1 Å². The second kappa shape index (κ2) is 4.14. The Morgan fingerprint density at radius 3 is 2.75 bits per heavy atom. The summed E-state index contributed by atoms with van der Waals surface area (Å²) in [5.41, 5.74) is 0.313. The topological polar surface area (TPSA) is 49.3 Å². The van der Waals surface area contributed by atoms with Gasteiger partial charge in [-0.25, -0.2) is 0 Å². The number of rotatable bonds is 1. The Morgan fingerprint density at radius 1 is 1.31 bits per heavy atom. The molecule has 0 aliphatic rings. The van der Waals surface area contributed by atoms with Gasteiger partial charge in [-0.1, -0.05) is 28.1 Å². The number of hydrogen-bond donors (Lipinski definition) is 2. The molecule has 82 valence electrons. The molecule has 0 aromatic heterocycles. The smallest absolute Gasteiger partial charge is 0.255 e. The van der Waals surface area contributed by atoms with Gasteiger partial charge in [0.15, 0.2) is 0 Å². The maximum Gasteiger partial charge on any atom is 0.255 e. The van der Waals surface area contributed by atoms with Crippen molar-refractivity contribution in [2.24, 2.45) is 0 Å². The van der Waals surface area contributed by atoms with Crippen LogP contribution in [0.25, 0.3) is 10.8 Å². The molecule has 0 spiro atoms. The molecule has 0 radical (unpaired) electrons. The van der Waals surface area contributed by atoms with E-state index in [1.807, 2.05) is 18.2 Å². The molecule has 16 heavy (non-hydrogen) atoms. The van der Waals surface area contributed by atoms with Gasteiger partial charge in [0.25, 0.3) is 5.91 Å². The van der Waals surface area contributed by atoms with Crippen molar-refractivity contribution >= 4 is 32.6 Å². The number of fused-ring (bicyclic) bond motifs is 1. The van der Waals surface area contributed by atoms with E-state index in [0.717, 1.165) is 15.2 Å². The van der Waals surface area contributed by atoms with Crippen molar-refractivity contribution in [3.63, 3.8) is 0 Å². The highest BCUT2D eigenvalue weighted by molar-refractivity contribution is 9.10. The minimum absolute atomic E-state index is 0.00540. The van der Waals surface area contributed by atoms with Crippen LogP contribution in [0.2, 0.25) is 0 Å². The van der Waals surface area contributed by atoms with E-state index in [-0.39, 0.29) is 11.7 Å². The van der Waals surface area contributed by atoms with Gasteiger partial charge in [-0.2, -0.15) is 0 Å². The second-order valence-corrected chi connectivity index (χ2v) is 4.32. The molecule has 2 N–H and O–H groups in total. The highest BCUT2D eigenvalue weighted by Gasteiger charge is 2.13. The van der Waals surface area contributed by atoms with E-state index in [1.165, 1.54) is 6.07 Å². The molecule has 2 aromatic carbocycles. The van der Waals surface area contributed by atoms with E-state index in [0.29, 0.717) is 5.56 Å². The lowest BCUT2D eigenvalue weighted by Crippen LogP contribution is -2.18. The molecule has 3 nitrogen and oxygen atoms in total.